The summed E-state index contributed by atoms with van der Waals surface area (Å²) in [7, 11) is -0.284. The molecule has 0 aromatic heterocycles. The lowest BCUT2D eigenvalue weighted by Gasteiger charge is -2.01. The Hall–Kier alpha value is -1.87. The lowest BCUT2D eigenvalue weighted by atomic mass is 10.4. The lowest BCUT2D eigenvalue weighted by Crippen LogP contribution is -1.90. The van der Waals surface area contributed by atoms with Crippen LogP contribution in [-0.4, -0.2) is 16.0 Å². The fraction of sp³-hybridized carbons (Fsp3) is 0.381. The predicted octanol–water partition coefficient (Wildman–Crippen LogP) is 7.33. The number of rotatable bonds is 3. The van der Waals surface area contributed by atoms with Gasteiger partial charge >= 0.3 is 0 Å². The highest BCUT2D eigenvalue weighted by Crippen LogP contribution is 1.96. The third-order valence-corrected chi connectivity index (χ3v) is 1.55. The Bertz CT molecular complexity index is 192. The molecule has 0 aliphatic heterocycles. The highest BCUT2D eigenvalue weighted by Gasteiger charge is 1.83. The quantitative estimate of drug-likeness (QED) is 0.173. The third-order valence-electron chi connectivity index (χ3n) is 0.926. The largest absolute Gasteiger partial charge is 0.550 e. The maximum absolute atomic E-state index is 8.81. The average molecular weight is 361 g/mol. The van der Waals surface area contributed by atoms with Gasteiger partial charge in [0.1, 0.15) is 6.29 Å². The minimum Gasteiger partial charge on any atom is -0.550 e. The Morgan fingerprint density at radius 2 is 1.08 bits per heavy atom. The van der Waals surface area contributed by atoms with Crippen molar-refractivity contribution in [2.24, 2.45) is 0 Å². The van der Waals surface area contributed by atoms with E-state index in [0.717, 1.165) is 12.0 Å². The summed E-state index contributed by atoms with van der Waals surface area (Å²) in [5.74, 6) is 1.01. The van der Waals surface area contributed by atoms with Crippen LogP contribution in [0.15, 0.2) is 76.6 Å². The van der Waals surface area contributed by atoms with Gasteiger partial charge in [-0.15, -0.1) is 52.6 Å². The van der Waals surface area contributed by atoms with Gasteiger partial charge in [0.15, 0.2) is 0 Å². The summed E-state index contributed by atoms with van der Waals surface area (Å²) in [5.41, 5.74) is 0. The molecule has 2 nitrogen and oxygen atoms in total. The molecule has 0 aromatic carbocycles. The molecule has 0 aliphatic carbocycles. The fourth-order valence-electron chi connectivity index (χ4n) is 0.559. The highest BCUT2D eigenvalue weighted by molar-refractivity contribution is 6.25. The number of hydrogen-bond acceptors (Lipinski definition) is 2. The molecule has 0 atom stereocenters. The maximum atomic E-state index is 8.81. The van der Waals surface area contributed by atoms with E-state index in [1.807, 2.05) is 45.9 Å². The van der Waals surface area contributed by atoms with Gasteiger partial charge in [-0.1, -0.05) is 34.8 Å². The van der Waals surface area contributed by atoms with Gasteiger partial charge in [0.25, 0.3) is 0 Å². The Morgan fingerprint density at radius 3 is 1.21 bits per heavy atom. The van der Waals surface area contributed by atoms with Gasteiger partial charge in [0.2, 0.25) is 9.76 Å². The number of carbonyl (C=O) groups is 1. The van der Waals surface area contributed by atoms with Crippen molar-refractivity contribution >= 4 is 16.0 Å². The van der Waals surface area contributed by atoms with E-state index in [0.29, 0.717) is 0 Å². The third kappa shape index (κ3) is 196. The van der Waals surface area contributed by atoms with E-state index in [-0.39, 0.29) is 24.6 Å². The second-order valence-electron chi connectivity index (χ2n) is 1.86. The van der Waals surface area contributed by atoms with Crippen molar-refractivity contribution in [1.82, 2.24) is 0 Å². The van der Waals surface area contributed by atoms with Crippen molar-refractivity contribution in [3.05, 3.63) is 76.6 Å². The standard InChI is InChI=1S/C7H14OSi.C2H4O.C2H6.4C2H4.2CH4/c1-4-6-7(5-2)8-9-3;1-2-3;5*1-2;;/h4-6H,9H2,1-3H3;2H,1H3;1-2H3;4*1-2H2;2*1H4/b6-4+,7-5-;;;;;;;;. The first-order chi connectivity index (χ1) is 10.8. The van der Waals surface area contributed by atoms with Crippen LogP contribution >= 0.6 is 0 Å². The molecule has 0 amide bonds. The van der Waals surface area contributed by atoms with Crippen molar-refractivity contribution in [2.75, 3.05) is 0 Å². The first kappa shape index (κ1) is 57.3. The van der Waals surface area contributed by atoms with E-state index in [4.69, 9.17) is 9.22 Å². The maximum Gasteiger partial charge on any atom is 0.216 e. The van der Waals surface area contributed by atoms with E-state index in [2.05, 4.69) is 59.2 Å². The fourth-order valence-corrected chi connectivity index (χ4v) is 1.15. The van der Waals surface area contributed by atoms with E-state index in [9.17, 15) is 0 Å². The molecule has 0 N–H and O–H groups in total. The predicted molar refractivity (Wildman–Crippen MR) is 126 cm³/mol. The Kier molecular flexibility index (Phi) is 402. The molecule has 0 aliphatic rings. The summed E-state index contributed by atoms with van der Waals surface area (Å²) in [4.78, 5) is 8.81. The van der Waals surface area contributed by atoms with E-state index in [1.54, 1.807) is 0 Å². The number of allylic oxidation sites excluding steroid dienone is 3. The molecule has 148 valence electrons. The zero-order valence-corrected chi connectivity index (χ0v) is 17.4. The smallest absolute Gasteiger partial charge is 0.216 e. The molecule has 0 heterocycles. The molecule has 0 spiro atoms. The van der Waals surface area contributed by atoms with Crippen LogP contribution in [0.1, 0.15) is 49.5 Å². The second kappa shape index (κ2) is 168. The van der Waals surface area contributed by atoms with Crippen molar-refractivity contribution in [3.63, 3.8) is 0 Å². The van der Waals surface area contributed by atoms with E-state index < -0.39 is 0 Å². The molecule has 0 fully saturated rings. The molecule has 0 saturated heterocycles. The first-order valence-electron chi connectivity index (χ1n) is 7.08. The van der Waals surface area contributed by atoms with Gasteiger partial charge in [-0.3, -0.25) is 0 Å². The number of aldehydes is 1. The molecule has 0 aromatic rings. The summed E-state index contributed by atoms with van der Waals surface area (Å²) in [6.45, 7) is 35.5. The summed E-state index contributed by atoms with van der Waals surface area (Å²) < 4.78 is 5.34. The van der Waals surface area contributed by atoms with Gasteiger partial charge in [-0.25, -0.2) is 0 Å². The molecule has 24 heavy (non-hydrogen) atoms. The van der Waals surface area contributed by atoms with Crippen molar-refractivity contribution in [2.45, 2.75) is 56.0 Å². The molecule has 3 heteroatoms. The minimum atomic E-state index is -0.284. The first-order valence-corrected chi connectivity index (χ1v) is 9.07. The second-order valence-corrected chi connectivity index (χ2v) is 2.73. The lowest BCUT2D eigenvalue weighted by molar-refractivity contribution is -0.106. The van der Waals surface area contributed by atoms with Crippen LogP contribution in [0.5, 0.6) is 0 Å². The van der Waals surface area contributed by atoms with Crippen LogP contribution in [0.3, 0.4) is 0 Å². The average Bonchev–Trinajstić information content (AvgIpc) is 2.64. The van der Waals surface area contributed by atoms with Crippen LogP contribution in [0, 0.1) is 0 Å². The summed E-state index contributed by atoms with van der Waals surface area (Å²) >= 11 is 0. The normalized spacial score (nSPS) is 6.67. The van der Waals surface area contributed by atoms with Crippen LogP contribution < -0.4 is 0 Å². The Balaban J connectivity index is -0.0000000183. The van der Waals surface area contributed by atoms with E-state index >= 15 is 0 Å². The molecule has 0 bridgehead atoms. The van der Waals surface area contributed by atoms with Gasteiger partial charge < -0.3 is 9.22 Å². The topological polar surface area (TPSA) is 26.3 Å². The molecule has 0 rings (SSSR count). The highest BCUT2D eigenvalue weighted by atomic mass is 28.2. The van der Waals surface area contributed by atoms with Crippen molar-refractivity contribution in [1.29, 1.82) is 0 Å². The van der Waals surface area contributed by atoms with Crippen molar-refractivity contribution < 1.29 is 9.22 Å². The summed E-state index contributed by atoms with van der Waals surface area (Å²) in [6, 6.07) is 0. The van der Waals surface area contributed by atoms with Gasteiger partial charge in [0, 0.05) is 0 Å². The van der Waals surface area contributed by atoms with E-state index in [1.165, 1.54) is 6.92 Å². The zero-order chi connectivity index (χ0) is 19.8. The zero-order valence-electron chi connectivity index (χ0n) is 16.0. The van der Waals surface area contributed by atoms with Crippen LogP contribution in [0.2, 0.25) is 6.55 Å². The van der Waals surface area contributed by atoms with Crippen LogP contribution in [0.25, 0.3) is 0 Å². The minimum absolute atomic E-state index is 0. The Morgan fingerprint density at radius 1 is 0.833 bits per heavy atom. The van der Waals surface area contributed by atoms with Gasteiger partial charge in [0.05, 0.1) is 5.76 Å². The summed E-state index contributed by atoms with van der Waals surface area (Å²) in [6.07, 6.45) is 6.70. The van der Waals surface area contributed by atoms with Crippen LogP contribution in [0.4, 0.5) is 0 Å². The van der Waals surface area contributed by atoms with Crippen LogP contribution in [-0.2, 0) is 9.22 Å². The molecular formula is C21H48O2Si. The molecule has 0 saturated carbocycles. The summed E-state index contributed by atoms with van der Waals surface area (Å²) in [5, 5.41) is 0. The molecule has 0 radical (unpaired) electrons. The Labute approximate surface area is 158 Å². The number of hydrogen-bond donors (Lipinski definition) is 0. The van der Waals surface area contributed by atoms with Crippen molar-refractivity contribution in [3.8, 4) is 0 Å². The van der Waals surface area contributed by atoms with Gasteiger partial charge in [-0.2, -0.15) is 0 Å². The number of carbonyl (C=O) groups excluding carboxylic acids is 1. The SMILES string of the molecule is C.C.C/C=C(/C=C/C)O[SiH2]C.C=C.C=C.C=C.C=C.CC.CC=O. The van der Waals surface area contributed by atoms with Gasteiger partial charge in [-0.05, 0) is 39.5 Å². The monoisotopic (exact) mass is 360 g/mol. The molecule has 0 unspecified atom stereocenters. The molecular weight excluding hydrogens is 312 g/mol.